The van der Waals surface area contributed by atoms with Gasteiger partial charge in [-0.1, -0.05) is 24.3 Å². The number of amides is 3. The third kappa shape index (κ3) is 2.74. The first-order chi connectivity index (χ1) is 11.5. The summed E-state index contributed by atoms with van der Waals surface area (Å²) >= 11 is 0. The fourth-order valence-corrected chi connectivity index (χ4v) is 2.42. The molecule has 7 heteroatoms. The van der Waals surface area contributed by atoms with Gasteiger partial charge in [0.05, 0.1) is 17.1 Å². The van der Waals surface area contributed by atoms with Gasteiger partial charge in [0.25, 0.3) is 11.8 Å². The van der Waals surface area contributed by atoms with Crippen LogP contribution in [0.1, 0.15) is 31.1 Å². The molecule has 0 aromatic heterocycles. The molecule has 1 aliphatic heterocycles. The largest absolute Gasteiger partial charge is 0.545 e. The Morgan fingerprint density at radius 1 is 0.917 bits per heavy atom. The lowest BCUT2D eigenvalue weighted by Gasteiger charge is -2.14. The number of rotatable bonds is 4. The molecule has 0 spiro atoms. The lowest BCUT2D eigenvalue weighted by Crippen LogP contribution is -2.37. The van der Waals surface area contributed by atoms with E-state index in [2.05, 4.69) is 5.32 Å². The van der Waals surface area contributed by atoms with Crippen LogP contribution in [0.25, 0.3) is 0 Å². The zero-order valence-electron chi connectivity index (χ0n) is 12.3. The number of carboxylic acid groups (broad SMARTS) is 1. The molecule has 1 N–H and O–H groups in total. The van der Waals surface area contributed by atoms with E-state index in [4.69, 9.17) is 0 Å². The minimum Gasteiger partial charge on any atom is -0.545 e. The van der Waals surface area contributed by atoms with Gasteiger partial charge in [-0.05, 0) is 29.8 Å². The van der Waals surface area contributed by atoms with Crippen LogP contribution in [-0.2, 0) is 4.79 Å². The predicted molar refractivity (Wildman–Crippen MR) is 81.2 cm³/mol. The van der Waals surface area contributed by atoms with Crippen LogP contribution in [0.2, 0.25) is 0 Å². The molecular weight excluding hydrogens is 312 g/mol. The maximum atomic E-state index is 12.2. The minimum absolute atomic E-state index is 0.0200. The molecule has 0 saturated heterocycles. The van der Waals surface area contributed by atoms with Gasteiger partial charge in [0.15, 0.2) is 0 Å². The third-order valence-corrected chi connectivity index (χ3v) is 3.58. The number of carbonyl (C=O) groups is 4. The second-order valence-electron chi connectivity index (χ2n) is 5.16. The highest BCUT2D eigenvalue weighted by Crippen LogP contribution is 2.22. The number of anilines is 1. The molecule has 24 heavy (non-hydrogen) atoms. The van der Waals surface area contributed by atoms with Gasteiger partial charge in [-0.25, -0.2) is 0 Å². The third-order valence-electron chi connectivity index (χ3n) is 3.58. The van der Waals surface area contributed by atoms with Crippen molar-refractivity contribution in [2.45, 2.75) is 0 Å². The molecule has 7 nitrogen and oxygen atoms in total. The van der Waals surface area contributed by atoms with Crippen molar-refractivity contribution in [1.82, 2.24) is 4.90 Å². The lowest BCUT2D eigenvalue weighted by atomic mass is 10.1. The van der Waals surface area contributed by atoms with E-state index in [1.54, 1.807) is 12.1 Å². The Kier molecular flexibility index (Phi) is 3.83. The van der Waals surface area contributed by atoms with Crippen LogP contribution in [0.15, 0.2) is 48.5 Å². The fourth-order valence-electron chi connectivity index (χ4n) is 2.42. The summed E-state index contributed by atoms with van der Waals surface area (Å²) in [7, 11) is 0. The molecule has 3 rings (SSSR count). The van der Waals surface area contributed by atoms with E-state index < -0.39 is 30.2 Å². The first-order valence-electron chi connectivity index (χ1n) is 7.04. The van der Waals surface area contributed by atoms with Crippen molar-refractivity contribution < 1.29 is 24.3 Å². The summed E-state index contributed by atoms with van der Waals surface area (Å²) in [6.07, 6.45) is 0. The number of nitrogens with zero attached hydrogens (tertiary/aromatic N) is 1. The Bertz CT molecular complexity index is 823. The number of carbonyl (C=O) groups excluding carboxylic acids is 4. The summed E-state index contributed by atoms with van der Waals surface area (Å²) in [6, 6.07) is 11.7. The predicted octanol–water partition coefficient (Wildman–Crippen LogP) is 0.285. The average molecular weight is 323 g/mol. The van der Waals surface area contributed by atoms with Gasteiger partial charge in [-0.3, -0.25) is 19.3 Å². The standard InChI is InChI=1S/C17H12N2O5/c20-14(18-11-7-5-10(6-8-11)17(23)24)9-19-15(21)12-3-1-2-4-13(12)16(19)22/h1-8H,9H2,(H,18,20)(H,23,24)/p-1. The zero-order chi connectivity index (χ0) is 17.3. The van der Waals surface area contributed by atoms with Crippen molar-refractivity contribution in [3.05, 3.63) is 65.2 Å². The Balaban J connectivity index is 1.69. The summed E-state index contributed by atoms with van der Waals surface area (Å²) in [5.41, 5.74) is 0.872. The summed E-state index contributed by atoms with van der Waals surface area (Å²) < 4.78 is 0. The van der Waals surface area contributed by atoms with Gasteiger partial charge in [0, 0.05) is 5.69 Å². The molecule has 0 bridgehead atoms. The number of benzene rings is 2. The van der Waals surface area contributed by atoms with E-state index >= 15 is 0 Å². The van der Waals surface area contributed by atoms with Crippen molar-refractivity contribution in [1.29, 1.82) is 0 Å². The molecule has 1 heterocycles. The number of hydrogen-bond donors (Lipinski definition) is 1. The molecule has 0 atom stereocenters. The van der Waals surface area contributed by atoms with Crippen LogP contribution in [-0.4, -0.2) is 35.1 Å². The smallest absolute Gasteiger partial charge is 0.262 e. The second kappa shape index (κ2) is 5.96. The van der Waals surface area contributed by atoms with Crippen LogP contribution in [0.3, 0.4) is 0 Å². The van der Waals surface area contributed by atoms with E-state index in [1.165, 1.54) is 36.4 Å². The molecule has 1 aliphatic rings. The summed E-state index contributed by atoms with van der Waals surface area (Å²) in [4.78, 5) is 47.9. The van der Waals surface area contributed by atoms with Crippen LogP contribution in [0.4, 0.5) is 5.69 Å². The fraction of sp³-hybridized carbons (Fsp3) is 0.0588. The lowest BCUT2D eigenvalue weighted by molar-refractivity contribution is -0.255. The first-order valence-corrected chi connectivity index (χ1v) is 7.04. The molecule has 120 valence electrons. The van der Waals surface area contributed by atoms with E-state index in [0.29, 0.717) is 5.69 Å². The Hall–Kier alpha value is -3.48. The molecular formula is C17H11N2O5-. The number of hydrogen-bond acceptors (Lipinski definition) is 5. The van der Waals surface area contributed by atoms with Crippen molar-refractivity contribution in [2.24, 2.45) is 0 Å². The molecule has 0 unspecified atom stereocenters. The number of nitrogens with one attached hydrogen (secondary N) is 1. The monoisotopic (exact) mass is 323 g/mol. The van der Waals surface area contributed by atoms with Gasteiger partial charge in [-0.15, -0.1) is 0 Å². The quantitative estimate of drug-likeness (QED) is 0.814. The van der Waals surface area contributed by atoms with Crippen LogP contribution in [0, 0.1) is 0 Å². The Morgan fingerprint density at radius 3 is 1.96 bits per heavy atom. The van der Waals surface area contributed by atoms with Crippen molar-refractivity contribution in [3.63, 3.8) is 0 Å². The van der Waals surface area contributed by atoms with E-state index in [1.807, 2.05) is 0 Å². The van der Waals surface area contributed by atoms with E-state index in [-0.39, 0.29) is 16.7 Å². The van der Waals surface area contributed by atoms with Crippen LogP contribution in [0.5, 0.6) is 0 Å². The normalized spacial score (nSPS) is 12.9. The first kappa shape index (κ1) is 15.4. The number of imide groups is 1. The topological polar surface area (TPSA) is 107 Å². The maximum Gasteiger partial charge on any atom is 0.262 e. The van der Waals surface area contributed by atoms with Crippen molar-refractivity contribution >= 4 is 29.4 Å². The van der Waals surface area contributed by atoms with Gasteiger partial charge >= 0.3 is 0 Å². The molecule has 0 aliphatic carbocycles. The Labute approximate surface area is 136 Å². The van der Waals surface area contributed by atoms with Crippen LogP contribution < -0.4 is 10.4 Å². The highest BCUT2D eigenvalue weighted by Gasteiger charge is 2.36. The highest BCUT2D eigenvalue weighted by molar-refractivity contribution is 6.22. The molecule has 0 saturated carbocycles. The van der Waals surface area contributed by atoms with Crippen LogP contribution >= 0.6 is 0 Å². The molecule has 3 amide bonds. The zero-order valence-corrected chi connectivity index (χ0v) is 12.3. The molecule has 0 radical (unpaired) electrons. The van der Waals surface area contributed by atoms with Gasteiger partial charge in [0.2, 0.25) is 5.91 Å². The summed E-state index contributed by atoms with van der Waals surface area (Å²) in [6.45, 7) is -0.422. The highest BCUT2D eigenvalue weighted by atomic mass is 16.4. The number of fused-ring (bicyclic) bond motifs is 1. The Morgan fingerprint density at radius 2 is 1.46 bits per heavy atom. The van der Waals surface area contributed by atoms with E-state index in [0.717, 1.165) is 4.90 Å². The summed E-state index contributed by atoms with van der Waals surface area (Å²) in [5.74, 6) is -2.92. The molecule has 0 fully saturated rings. The maximum absolute atomic E-state index is 12.2. The van der Waals surface area contributed by atoms with Crippen molar-refractivity contribution in [3.8, 4) is 0 Å². The number of carboxylic acids is 1. The molecule has 2 aromatic carbocycles. The number of aromatic carboxylic acids is 1. The van der Waals surface area contributed by atoms with Gasteiger partial charge in [0.1, 0.15) is 6.54 Å². The second-order valence-corrected chi connectivity index (χ2v) is 5.16. The van der Waals surface area contributed by atoms with Gasteiger partial charge in [-0.2, -0.15) is 0 Å². The van der Waals surface area contributed by atoms with Crippen molar-refractivity contribution in [2.75, 3.05) is 11.9 Å². The van der Waals surface area contributed by atoms with Gasteiger partial charge < -0.3 is 15.2 Å². The summed E-state index contributed by atoms with van der Waals surface area (Å²) in [5, 5.41) is 13.2. The average Bonchev–Trinajstić information content (AvgIpc) is 2.81. The SMILES string of the molecule is O=C(CN1C(=O)c2ccccc2C1=O)Nc1ccc(C(=O)[O-])cc1. The molecule has 2 aromatic rings. The van der Waals surface area contributed by atoms with E-state index in [9.17, 15) is 24.3 Å². The minimum atomic E-state index is -1.32.